The van der Waals surface area contributed by atoms with Gasteiger partial charge in [-0.1, -0.05) is 19.1 Å². The lowest BCUT2D eigenvalue weighted by Gasteiger charge is -2.20. The largest absolute Gasteiger partial charge is 0.491 e. The fraction of sp³-hybridized carbons (Fsp3) is 0.600. The number of nitrogens with one attached hydrogen (secondary N) is 1. The second kappa shape index (κ2) is 6.65. The number of benzene rings is 1. The van der Waals surface area contributed by atoms with Gasteiger partial charge in [0.25, 0.3) is 0 Å². The fourth-order valence-electron chi connectivity index (χ4n) is 1.77. The molecule has 0 spiro atoms. The molecule has 96 valence electrons. The first kappa shape index (κ1) is 14.0. The highest BCUT2D eigenvalue weighted by Crippen LogP contribution is 2.20. The fourth-order valence-corrected chi connectivity index (χ4v) is 1.77. The van der Waals surface area contributed by atoms with E-state index in [4.69, 9.17) is 4.74 Å². The molecule has 0 amide bonds. The monoisotopic (exact) mass is 235 g/mol. The molecule has 0 aromatic heterocycles. The molecule has 0 saturated carbocycles. The highest BCUT2D eigenvalue weighted by atomic mass is 16.5. The van der Waals surface area contributed by atoms with Crippen molar-refractivity contribution in [2.75, 3.05) is 0 Å². The number of ether oxygens (including phenoxy) is 1. The van der Waals surface area contributed by atoms with Crippen LogP contribution in [0.25, 0.3) is 0 Å². The van der Waals surface area contributed by atoms with Gasteiger partial charge in [-0.2, -0.15) is 0 Å². The minimum absolute atomic E-state index is 0.225. The molecule has 0 saturated heterocycles. The molecule has 2 heteroatoms. The molecule has 2 atom stereocenters. The van der Waals surface area contributed by atoms with E-state index in [9.17, 15) is 0 Å². The molecule has 2 nitrogen and oxygen atoms in total. The third-order valence-corrected chi connectivity index (χ3v) is 2.88. The Labute approximate surface area is 105 Å². The molecule has 1 aromatic carbocycles. The van der Waals surface area contributed by atoms with E-state index in [-0.39, 0.29) is 6.10 Å². The van der Waals surface area contributed by atoms with Gasteiger partial charge < -0.3 is 10.1 Å². The van der Waals surface area contributed by atoms with E-state index in [0.717, 1.165) is 12.2 Å². The summed E-state index contributed by atoms with van der Waals surface area (Å²) in [5.74, 6) is 0.954. The Hall–Kier alpha value is -1.02. The van der Waals surface area contributed by atoms with Crippen LogP contribution >= 0.6 is 0 Å². The third kappa shape index (κ3) is 4.78. The summed E-state index contributed by atoms with van der Waals surface area (Å²) in [6.45, 7) is 10.7. The van der Waals surface area contributed by atoms with E-state index in [1.54, 1.807) is 0 Å². The van der Waals surface area contributed by atoms with Crippen molar-refractivity contribution < 1.29 is 4.74 Å². The van der Waals surface area contributed by atoms with Gasteiger partial charge in [0, 0.05) is 12.1 Å². The maximum atomic E-state index is 5.71. The summed E-state index contributed by atoms with van der Waals surface area (Å²) in [7, 11) is 0. The van der Waals surface area contributed by atoms with Crippen LogP contribution in [0.5, 0.6) is 5.75 Å². The predicted molar refractivity (Wildman–Crippen MR) is 73.5 cm³/mol. The van der Waals surface area contributed by atoms with E-state index >= 15 is 0 Å². The Morgan fingerprint density at radius 1 is 1.18 bits per heavy atom. The van der Waals surface area contributed by atoms with E-state index in [2.05, 4.69) is 44.3 Å². The molecule has 0 radical (unpaired) electrons. The van der Waals surface area contributed by atoms with E-state index in [1.165, 1.54) is 5.56 Å². The van der Waals surface area contributed by atoms with Crippen LogP contribution in [0.3, 0.4) is 0 Å². The van der Waals surface area contributed by atoms with Crippen molar-refractivity contribution in [3.63, 3.8) is 0 Å². The molecule has 0 aliphatic carbocycles. The first-order chi connectivity index (χ1) is 8.02. The lowest BCUT2D eigenvalue weighted by Crippen LogP contribution is -2.28. The minimum atomic E-state index is 0.225. The second-order valence-corrected chi connectivity index (χ2v) is 4.94. The Morgan fingerprint density at radius 2 is 1.88 bits per heavy atom. The van der Waals surface area contributed by atoms with Crippen LogP contribution < -0.4 is 10.1 Å². The van der Waals surface area contributed by atoms with Crippen molar-refractivity contribution in [1.29, 1.82) is 0 Å². The molecule has 0 heterocycles. The summed E-state index contributed by atoms with van der Waals surface area (Å²) >= 11 is 0. The van der Waals surface area contributed by atoms with Gasteiger partial charge in [0.05, 0.1) is 6.10 Å². The Morgan fingerprint density at radius 3 is 2.47 bits per heavy atom. The van der Waals surface area contributed by atoms with E-state index < -0.39 is 0 Å². The number of hydrogen-bond acceptors (Lipinski definition) is 2. The van der Waals surface area contributed by atoms with Gasteiger partial charge in [0.1, 0.15) is 5.75 Å². The second-order valence-electron chi connectivity index (χ2n) is 4.94. The molecule has 1 rings (SSSR count). The van der Waals surface area contributed by atoms with Crippen LogP contribution in [0.2, 0.25) is 0 Å². The summed E-state index contributed by atoms with van der Waals surface area (Å²) in [4.78, 5) is 0. The van der Waals surface area contributed by atoms with Gasteiger partial charge in [0.15, 0.2) is 0 Å². The predicted octanol–water partition coefficient (Wildman–Crippen LogP) is 3.92. The highest BCUT2D eigenvalue weighted by Gasteiger charge is 2.09. The quantitative estimate of drug-likeness (QED) is 0.807. The van der Waals surface area contributed by atoms with Crippen LogP contribution in [0.15, 0.2) is 24.3 Å². The van der Waals surface area contributed by atoms with Crippen molar-refractivity contribution in [3.05, 3.63) is 29.8 Å². The molecular formula is C15H25NO. The zero-order chi connectivity index (χ0) is 12.8. The first-order valence-corrected chi connectivity index (χ1v) is 6.55. The van der Waals surface area contributed by atoms with Crippen LogP contribution in [0.4, 0.5) is 0 Å². The SMILES string of the molecule is CC[C@H](C)N[C@@H](C)c1cccc(OC(C)C)c1. The van der Waals surface area contributed by atoms with Crippen LogP contribution in [0, 0.1) is 0 Å². The molecule has 17 heavy (non-hydrogen) atoms. The summed E-state index contributed by atoms with van der Waals surface area (Å²) in [6, 6.07) is 9.24. The summed E-state index contributed by atoms with van der Waals surface area (Å²) in [5, 5.41) is 3.57. The zero-order valence-electron chi connectivity index (χ0n) is 11.7. The molecule has 0 unspecified atom stereocenters. The van der Waals surface area contributed by atoms with Crippen molar-refractivity contribution in [2.45, 2.75) is 59.2 Å². The van der Waals surface area contributed by atoms with Gasteiger partial charge in [0.2, 0.25) is 0 Å². The van der Waals surface area contributed by atoms with Crippen molar-refractivity contribution in [2.24, 2.45) is 0 Å². The average molecular weight is 235 g/mol. The first-order valence-electron chi connectivity index (χ1n) is 6.55. The third-order valence-electron chi connectivity index (χ3n) is 2.88. The van der Waals surface area contributed by atoms with E-state index in [1.807, 2.05) is 19.9 Å². The molecular weight excluding hydrogens is 210 g/mol. The van der Waals surface area contributed by atoms with Gasteiger partial charge in [-0.15, -0.1) is 0 Å². The Bertz CT molecular complexity index is 335. The minimum Gasteiger partial charge on any atom is -0.491 e. The molecule has 1 N–H and O–H groups in total. The topological polar surface area (TPSA) is 21.3 Å². The van der Waals surface area contributed by atoms with Gasteiger partial charge in [-0.3, -0.25) is 0 Å². The van der Waals surface area contributed by atoms with Crippen molar-refractivity contribution in [1.82, 2.24) is 5.32 Å². The molecule has 1 aromatic rings. The van der Waals surface area contributed by atoms with Crippen LogP contribution in [0.1, 0.15) is 52.6 Å². The molecule has 0 aliphatic heterocycles. The van der Waals surface area contributed by atoms with Crippen LogP contribution in [-0.2, 0) is 0 Å². The normalized spacial score (nSPS) is 14.7. The molecule has 0 fully saturated rings. The Balaban J connectivity index is 2.70. The zero-order valence-corrected chi connectivity index (χ0v) is 11.7. The molecule has 0 bridgehead atoms. The van der Waals surface area contributed by atoms with Gasteiger partial charge >= 0.3 is 0 Å². The maximum absolute atomic E-state index is 5.71. The van der Waals surface area contributed by atoms with Gasteiger partial charge in [-0.05, 0) is 51.8 Å². The summed E-state index contributed by atoms with van der Waals surface area (Å²) in [5.41, 5.74) is 1.28. The standard InChI is InChI=1S/C15H25NO/c1-6-12(4)16-13(5)14-8-7-9-15(10-14)17-11(2)3/h7-13,16H,6H2,1-5H3/t12-,13-/m0/s1. The molecule has 0 aliphatic rings. The smallest absolute Gasteiger partial charge is 0.120 e. The number of rotatable bonds is 6. The lowest BCUT2D eigenvalue weighted by atomic mass is 10.1. The maximum Gasteiger partial charge on any atom is 0.120 e. The van der Waals surface area contributed by atoms with Gasteiger partial charge in [-0.25, -0.2) is 0 Å². The lowest BCUT2D eigenvalue weighted by molar-refractivity contribution is 0.242. The summed E-state index contributed by atoms with van der Waals surface area (Å²) < 4.78 is 5.71. The Kier molecular flexibility index (Phi) is 5.49. The van der Waals surface area contributed by atoms with E-state index in [0.29, 0.717) is 12.1 Å². The van der Waals surface area contributed by atoms with Crippen LogP contribution in [-0.4, -0.2) is 12.1 Å². The van der Waals surface area contributed by atoms with Crippen molar-refractivity contribution in [3.8, 4) is 5.75 Å². The van der Waals surface area contributed by atoms with Crippen molar-refractivity contribution >= 4 is 0 Å². The number of hydrogen-bond donors (Lipinski definition) is 1. The average Bonchev–Trinajstić information content (AvgIpc) is 2.28. The highest BCUT2D eigenvalue weighted by molar-refractivity contribution is 5.30. The summed E-state index contributed by atoms with van der Waals surface area (Å²) in [6.07, 6.45) is 1.37.